The van der Waals surface area contributed by atoms with Crippen LogP contribution in [0.4, 0.5) is 5.69 Å². The van der Waals surface area contributed by atoms with Crippen molar-refractivity contribution in [2.24, 2.45) is 0 Å². The van der Waals surface area contributed by atoms with Gasteiger partial charge < -0.3 is 5.11 Å². The summed E-state index contributed by atoms with van der Waals surface area (Å²) in [5.74, 6) is -1.29. The number of phenolic OH excluding ortho intramolecular Hbond substituents is 1. The van der Waals surface area contributed by atoms with Gasteiger partial charge in [0.2, 0.25) is 0 Å². The molecule has 1 saturated heterocycles. The van der Waals surface area contributed by atoms with Gasteiger partial charge in [-0.15, -0.1) is 0 Å². The Bertz CT molecular complexity index is 996. The molecular formula is C17H9BrClIN2O3S. The Labute approximate surface area is 181 Å². The second-order valence-electron chi connectivity index (χ2n) is 5.26. The Morgan fingerprint density at radius 3 is 2.69 bits per heavy atom. The molecule has 0 saturated carbocycles. The lowest BCUT2D eigenvalue weighted by Gasteiger charge is -2.29. The SMILES string of the molecule is O=C1NC(=S)N(c2cccc(Br)c2)C(=O)C1=Cc1cc(Cl)cc(I)c1O. The molecule has 0 atom stereocenters. The molecular weight excluding hydrogens is 555 g/mol. The summed E-state index contributed by atoms with van der Waals surface area (Å²) in [5, 5.41) is 13.1. The molecule has 2 aromatic carbocycles. The monoisotopic (exact) mass is 562 g/mol. The zero-order chi connectivity index (χ0) is 19.0. The van der Waals surface area contributed by atoms with E-state index in [1.807, 2.05) is 28.7 Å². The number of benzene rings is 2. The number of rotatable bonds is 2. The number of nitrogens with one attached hydrogen (secondary N) is 1. The van der Waals surface area contributed by atoms with E-state index in [-0.39, 0.29) is 22.0 Å². The molecule has 2 amide bonds. The van der Waals surface area contributed by atoms with E-state index in [0.29, 0.717) is 14.3 Å². The third-order valence-corrected chi connectivity index (χ3v) is 5.34. The van der Waals surface area contributed by atoms with E-state index in [9.17, 15) is 14.7 Å². The summed E-state index contributed by atoms with van der Waals surface area (Å²) in [6.45, 7) is 0. The number of amides is 2. The van der Waals surface area contributed by atoms with Gasteiger partial charge in [0.15, 0.2) is 5.11 Å². The highest BCUT2D eigenvalue weighted by atomic mass is 127. The lowest BCUT2D eigenvalue weighted by molar-refractivity contribution is -0.122. The summed E-state index contributed by atoms with van der Waals surface area (Å²) >= 11 is 16.4. The number of thiocarbonyl (C=S) groups is 1. The van der Waals surface area contributed by atoms with Gasteiger partial charge in [0.1, 0.15) is 11.3 Å². The van der Waals surface area contributed by atoms with E-state index in [1.54, 1.807) is 24.3 Å². The molecule has 0 radical (unpaired) electrons. The zero-order valence-corrected chi connectivity index (χ0v) is 18.1. The van der Waals surface area contributed by atoms with Crippen molar-refractivity contribution in [2.75, 3.05) is 4.90 Å². The molecule has 0 aromatic heterocycles. The van der Waals surface area contributed by atoms with Crippen molar-refractivity contribution < 1.29 is 14.7 Å². The van der Waals surface area contributed by atoms with Gasteiger partial charge in [-0.25, -0.2) is 0 Å². The fourth-order valence-corrected chi connectivity index (χ4v) is 4.08. The molecule has 1 fully saturated rings. The van der Waals surface area contributed by atoms with Crippen molar-refractivity contribution in [1.29, 1.82) is 0 Å². The van der Waals surface area contributed by atoms with Crippen LogP contribution in [0.25, 0.3) is 6.08 Å². The van der Waals surface area contributed by atoms with Crippen LogP contribution in [0.15, 0.2) is 46.4 Å². The van der Waals surface area contributed by atoms with Crippen molar-refractivity contribution in [3.63, 3.8) is 0 Å². The lowest BCUT2D eigenvalue weighted by atomic mass is 10.1. The van der Waals surface area contributed by atoms with Crippen LogP contribution in [0.5, 0.6) is 5.75 Å². The Morgan fingerprint density at radius 2 is 2.00 bits per heavy atom. The highest BCUT2D eigenvalue weighted by Crippen LogP contribution is 2.31. The maximum absolute atomic E-state index is 12.9. The van der Waals surface area contributed by atoms with Gasteiger partial charge in [-0.05, 0) is 71.2 Å². The predicted octanol–water partition coefficient (Wildman–Crippen LogP) is 4.24. The molecule has 0 unspecified atom stereocenters. The normalized spacial score (nSPS) is 16.2. The highest BCUT2D eigenvalue weighted by Gasteiger charge is 2.34. The number of aromatic hydroxyl groups is 1. The van der Waals surface area contributed by atoms with Crippen molar-refractivity contribution in [2.45, 2.75) is 0 Å². The summed E-state index contributed by atoms with van der Waals surface area (Å²) in [5.41, 5.74) is 0.611. The van der Waals surface area contributed by atoms with Crippen molar-refractivity contribution in [3.05, 3.63) is 60.6 Å². The number of carbonyl (C=O) groups excluding carboxylic acids is 2. The van der Waals surface area contributed by atoms with Crippen LogP contribution in [0.1, 0.15) is 5.56 Å². The van der Waals surface area contributed by atoms with E-state index >= 15 is 0 Å². The van der Waals surface area contributed by atoms with Crippen molar-refractivity contribution in [1.82, 2.24) is 5.32 Å². The summed E-state index contributed by atoms with van der Waals surface area (Å²) in [4.78, 5) is 26.4. The molecule has 1 heterocycles. The maximum Gasteiger partial charge on any atom is 0.270 e. The Kier molecular flexibility index (Phi) is 5.66. The molecule has 5 nitrogen and oxygen atoms in total. The van der Waals surface area contributed by atoms with Crippen LogP contribution in [0.2, 0.25) is 5.02 Å². The lowest BCUT2D eigenvalue weighted by Crippen LogP contribution is -2.54. The maximum atomic E-state index is 12.9. The number of anilines is 1. The zero-order valence-electron chi connectivity index (χ0n) is 12.8. The Hall–Kier alpha value is -1.49. The van der Waals surface area contributed by atoms with Gasteiger partial charge in [0, 0.05) is 15.1 Å². The molecule has 132 valence electrons. The van der Waals surface area contributed by atoms with Crippen molar-refractivity contribution >= 4 is 91.0 Å². The van der Waals surface area contributed by atoms with Gasteiger partial charge in [0.25, 0.3) is 11.8 Å². The summed E-state index contributed by atoms with van der Waals surface area (Å²) in [6, 6.07) is 10.0. The van der Waals surface area contributed by atoms with E-state index < -0.39 is 11.8 Å². The molecule has 0 bridgehead atoms. The highest BCUT2D eigenvalue weighted by molar-refractivity contribution is 14.1. The molecule has 3 rings (SSSR count). The van der Waals surface area contributed by atoms with Crippen molar-refractivity contribution in [3.8, 4) is 5.75 Å². The van der Waals surface area contributed by atoms with Gasteiger partial charge >= 0.3 is 0 Å². The number of hydrogen-bond donors (Lipinski definition) is 2. The first kappa shape index (κ1) is 19.3. The van der Waals surface area contributed by atoms with Crippen LogP contribution in [-0.4, -0.2) is 22.0 Å². The summed E-state index contributed by atoms with van der Waals surface area (Å²) in [6.07, 6.45) is 1.30. The summed E-state index contributed by atoms with van der Waals surface area (Å²) in [7, 11) is 0. The minimum Gasteiger partial charge on any atom is -0.506 e. The number of halogens is 3. The minimum atomic E-state index is -0.638. The predicted molar refractivity (Wildman–Crippen MR) is 116 cm³/mol. The van der Waals surface area contributed by atoms with Gasteiger partial charge in [-0.3, -0.25) is 19.8 Å². The quantitative estimate of drug-likeness (QED) is 0.248. The number of nitrogens with zero attached hydrogens (tertiary/aromatic N) is 1. The Balaban J connectivity index is 2.09. The number of carbonyl (C=O) groups is 2. The van der Waals surface area contributed by atoms with E-state index in [0.717, 1.165) is 4.47 Å². The van der Waals surface area contributed by atoms with Crippen LogP contribution < -0.4 is 10.2 Å². The molecule has 0 aliphatic carbocycles. The van der Waals surface area contributed by atoms with E-state index in [1.165, 1.54) is 17.0 Å². The second kappa shape index (κ2) is 7.63. The molecule has 0 spiro atoms. The summed E-state index contributed by atoms with van der Waals surface area (Å²) < 4.78 is 1.26. The number of hydrogen-bond acceptors (Lipinski definition) is 4. The average molecular weight is 564 g/mol. The van der Waals surface area contributed by atoms with Gasteiger partial charge in [0.05, 0.1) is 9.26 Å². The topological polar surface area (TPSA) is 69.6 Å². The standard InChI is InChI=1S/C17H9BrClIN2O3S/c18-9-2-1-3-11(6-9)22-16(25)12(15(24)21-17(22)26)5-8-4-10(19)7-13(20)14(8)23/h1-7,23H,(H,21,24,26). The molecule has 2 N–H and O–H groups in total. The molecule has 2 aromatic rings. The minimum absolute atomic E-state index is 0.0138. The third-order valence-electron chi connectivity index (χ3n) is 3.53. The fourth-order valence-electron chi connectivity index (χ4n) is 2.36. The second-order valence-corrected chi connectivity index (χ2v) is 8.16. The van der Waals surface area contributed by atoms with E-state index in [2.05, 4.69) is 21.2 Å². The third kappa shape index (κ3) is 3.78. The van der Waals surface area contributed by atoms with Crippen LogP contribution >= 0.6 is 62.3 Å². The average Bonchev–Trinajstić information content (AvgIpc) is 2.55. The smallest absolute Gasteiger partial charge is 0.270 e. The van der Waals surface area contributed by atoms with Crippen LogP contribution in [0.3, 0.4) is 0 Å². The van der Waals surface area contributed by atoms with Crippen LogP contribution in [0, 0.1) is 3.57 Å². The van der Waals surface area contributed by atoms with E-state index in [4.69, 9.17) is 23.8 Å². The van der Waals surface area contributed by atoms with Crippen LogP contribution in [-0.2, 0) is 9.59 Å². The number of phenols is 1. The molecule has 26 heavy (non-hydrogen) atoms. The first-order valence-corrected chi connectivity index (χ1v) is 9.79. The molecule has 9 heteroatoms. The van der Waals surface area contributed by atoms with Gasteiger partial charge in [-0.2, -0.15) is 0 Å². The largest absolute Gasteiger partial charge is 0.506 e. The molecule has 1 aliphatic heterocycles. The first-order valence-electron chi connectivity index (χ1n) is 7.13. The Morgan fingerprint density at radius 1 is 1.27 bits per heavy atom. The van der Waals surface area contributed by atoms with Gasteiger partial charge in [-0.1, -0.05) is 33.6 Å². The first-order chi connectivity index (χ1) is 12.3. The molecule has 1 aliphatic rings. The fraction of sp³-hybridized carbons (Fsp3) is 0.